The summed E-state index contributed by atoms with van der Waals surface area (Å²) in [6.45, 7) is 0. The summed E-state index contributed by atoms with van der Waals surface area (Å²) in [7, 11) is 0. The number of carboxylic acids is 1. The first-order valence-corrected chi connectivity index (χ1v) is 12.1. The zero-order valence-electron chi connectivity index (χ0n) is 17.5. The van der Waals surface area contributed by atoms with E-state index in [4.69, 9.17) is 5.11 Å². The molecule has 2 aromatic heterocycles. The summed E-state index contributed by atoms with van der Waals surface area (Å²) in [5.41, 5.74) is 1.69. The van der Waals surface area contributed by atoms with E-state index < -0.39 is 17.7 Å². The number of hydrogen-bond acceptors (Lipinski definition) is 4. The van der Waals surface area contributed by atoms with Crippen LogP contribution in [0.1, 0.15) is 16.0 Å². The largest absolute Gasteiger partial charge is 0.481 e. The van der Waals surface area contributed by atoms with Gasteiger partial charge in [0.05, 0.1) is 23.2 Å². The molecule has 0 saturated carbocycles. The van der Waals surface area contributed by atoms with Crippen LogP contribution in [0.4, 0.5) is 13.2 Å². The number of fused-ring (bicyclic) bond motifs is 2. The van der Waals surface area contributed by atoms with Gasteiger partial charge in [-0.2, -0.15) is 18.3 Å². The van der Waals surface area contributed by atoms with E-state index in [1.54, 1.807) is 16.4 Å². The van der Waals surface area contributed by atoms with Gasteiger partial charge in [0.1, 0.15) is 0 Å². The summed E-state index contributed by atoms with van der Waals surface area (Å²) in [4.78, 5) is 12.9. The molecule has 2 heterocycles. The smallest absolute Gasteiger partial charge is 0.416 e. The Morgan fingerprint density at radius 1 is 1.03 bits per heavy atom. The lowest BCUT2D eigenvalue weighted by molar-refractivity contribution is -0.138. The molecule has 0 bridgehead atoms. The number of thioether (sulfide) groups is 1. The van der Waals surface area contributed by atoms with Crippen LogP contribution < -0.4 is 0 Å². The van der Waals surface area contributed by atoms with E-state index in [0.717, 1.165) is 48.5 Å². The molecular formula is C25H17F3N2O2S2. The topological polar surface area (TPSA) is 55.1 Å². The molecule has 3 aromatic carbocycles. The van der Waals surface area contributed by atoms with Gasteiger partial charge in [0.2, 0.25) is 0 Å². The third-order valence-electron chi connectivity index (χ3n) is 5.34. The van der Waals surface area contributed by atoms with Crippen LogP contribution in [0.5, 0.6) is 0 Å². The average molecular weight is 499 g/mol. The van der Waals surface area contributed by atoms with E-state index in [-0.39, 0.29) is 6.42 Å². The van der Waals surface area contributed by atoms with Gasteiger partial charge in [0, 0.05) is 31.8 Å². The molecule has 0 saturated heterocycles. The molecule has 5 rings (SSSR count). The second-order valence-corrected chi connectivity index (χ2v) is 9.96. The van der Waals surface area contributed by atoms with Crippen molar-refractivity contribution in [3.8, 4) is 5.69 Å². The second-order valence-electron chi connectivity index (χ2n) is 7.74. The number of hydrogen-bond donors (Lipinski definition) is 1. The van der Waals surface area contributed by atoms with Gasteiger partial charge in [-0.05, 0) is 53.4 Å². The molecule has 0 fully saturated rings. The maximum Gasteiger partial charge on any atom is 0.416 e. The van der Waals surface area contributed by atoms with Crippen LogP contribution in [0.25, 0.3) is 26.7 Å². The van der Waals surface area contributed by atoms with E-state index in [1.807, 2.05) is 42.6 Å². The Morgan fingerprint density at radius 3 is 2.56 bits per heavy atom. The highest BCUT2D eigenvalue weighted by atomic mass is 32.2. The lowest BCUT2D eigenvalue weighted by Crippen LogP contribution is -2.05. The van der Waals surface area contributed by atoms with E-state index >= 15 is 0 Å². The first-order valence-electron chi connectivity index (χ1n) is 10.3. The fourth-order valence-corrected chi connectivity index (χ4v) is 5.80. The fourth-order valence-electron chi connectivity index (χ4n) is 3.71. The first kappa shape index (κ1) is 22.5. The maximum atomic E-state index is 12.9. The minimum Gasteiger partial charge on any atom is -0.481 e. The van der Waals surface area contributed by atoms with Crippen molar-refractivity contribution in [2.24, 2.45) is 0 Å². The van der Waals surface area contributed by atoms with E-state index in [2.05, 4.69) is 11.2 Å². The number of nitrogens with zero attached hydrogens (tertiary/aromatic N) is 2. The van der Waals surface area contributed by atoms with Gasteiger partial charge >= 0.3 is 12.1 Å². The highest BCUT2D eigenvalue weighted by molar-refractivity contribution is 7.98. The van der Waals surface area contributed by atoms with Gasteiger partial charge < -0.3 is 5.11 Å². The average Bonchev–Trinajstić information content (AvgIpc) is 3.40. The molecule has 9 heteroatoms. The van der Waals surface area contributed by atoms with Gasteiger partial charge in [0.25, 0.3) is 0 Å². The Balaban J connectivity index is 1.37. The lowest BCUT2D eigenvalue weighted by Gasteiger charge is -2.07. The quantitative estimate of drug-likeness (QED) is 0.252. The number of aromatic nitrogens is 2. The monoisotopic (exact) mass is 498 g/mol. The lowest BCUT2D eigenvalue weighted by atomic mass is 10.2. The Morgan fingerprint density at radius 2 is 1.82 bits per heavy atom. The molecule has 0 aliphatic carbocycles. The van der Waals surface area contributed by atoms with E-state index in [1.165, 1.54) is 23.5 Å². The summed E-state index contributed by atoms with van der Waals surface area (Å²) < 4.78 is 41.2. The van der Waals surface area contributed by atoms with Crippen molar-refractivity contribution in [3.05, 3.63) is 88.9 Å². The van der Waals surface area contributed by atoms with Crippen molar-refractivity contribution in [2.75, 3.05) is 0 Å². The Labute approximate surface area is 200 Å². The number of carboxylic acid groups (broad SMARTS) is 1. The number of rotatable bonds is 6. The van der Waals surface area contributed by atoms with Gasteiger partial charge in [-0.15, -0.1) is 23.1 Å². The second kappa shape index (κ2) is 8.81. The maximum absolute atomic E-state index is 12.9. The van der Waals surface area contributed by atoms with Crippen LogP contribution in [0.3, 0.4) is 0 Å². The number of carbonyl (C=O) groups is 1. The van der Waals surface area contributed by atoms with Crippen molar-refractivity contribution < 1.29 is 23.1 Å². The van der Waals surface area contributed by atoms with E-state index in [9.17, 15) is 18.0 Å². The molecule has 0 aliphatic rings. The molecule has 0 amide bonds. The predicted molar refractivity (Wildman–Crippen MR) is 129 cm³/mol. The van der Waals surface area contributed by atoms with Crippen LogP contribution >= 0.6 is 23.1 Å². The minimum absolute atomic E-state index is 0.0193. The minimum atomic E-state index is -4.37. The third kappa shape index (κ3) is 4.67. The number of halogens is 3. The molecule has 0 radical (unpaired) electrons. The van der Waals surface area contributed by atoms with Gasteiger partial charge in [-0.1, -0.05) is 24.3 Å². The number of thiophene rings is 1. The fraction of sp³-hybridized carbons (Fsp3) is 0.120. The summed E-state index contributed by atoms with van der Waals surface area (Å²) in [5, 5.41) is 15.6. The van der Waals surface area contributed by atoms with Gasteiger partial charge in [0.15, 0.2) is 0 Å². The van der Waals surface area contributed by atoms with Crippen LogP contribution in [-0.4, -0.2) is 20.9 Å². The van der Waals surface area contributed by atoms with Crippen LogP contribution in [-0.2, 0) is 23.1 Å². The van der Waals surface area contributed by atoms with Crippen molar-refractivity contribution in [1.82, 2.24) is 9.78 Å². The number of alkyl halides is 3. The molecule has 0 atom stereocenters. The SMILES string of the molecule is O=C(O)Cc1cc2ccc(SCc3cccc4cn(-c5ccc(C(F)(F)F)cc5)nc34)cc2s1. The molecule has 0 aliphatic heterocycles. The first-order chi connectivity index (χ1) is 16.3. The van der Waals surface area contributed by atoms with Crippen LogP contribution in [0.15, 0.2) is 77.8 Å². The highest BCUT2D eigenvalue weighted by Gasteiger charge is 2.30. The number of aliphatic carboxylic acids is 1. The molecule has 5 aromatic rings. The molecular weight excluding hydrogens is 481 g/mol. The van der Waals surface area contributed by atoms with Crippen molar-refractivity contribution in [3.63, 3.8) is 0 Å². The molecule has 34 heavy (non-hydrogen) atoms. The highest BCUT2D eigenvalue weighted by Crippen LogP contribution is 2.33. The Kier molecular flexibility index (Phi) is 5.83. The van der Waals surface area contributed by atoms with Gasteiger partial charge in [-0.3, -0.25) is 4.79 Å². The Hall–Kier alpha value is -3.30. The molecule has 172 valence electrons. The zero-order valence-corrected chi connectivity index (χ0v) is 19.2. The summed E-state index contributed by atoms with van der Waals surface area (Å²) in [5.74, 6) is -0.176. The van der Waals surface area contributed by atoms with Crippen LogP contribution in [0.2, 0.25) is 0 Å². The standard InChI is InChI=1S/C25H17F3N2O2S2/c26-25(27,28)18-5-7-19(8-6-18)30-13-16-2-1-3-17(24(16)29-30)14-33-20-9-4-15-10-21(12-23(31)32)34-22(15)11-20/h1-11,13H,12,14H2,(H,31,32). The molecule has 0 unspecified atom stereocenters. The summed E-state index contributed by atoms with van der Waals surface area (Å²) >= 11 is 3.14. The molecule has 1 N–H and O–H groups in total. The molecule has 4 nitrogen and oxygen atoms in total. The summed E-state index contributed by atoms with van der Waals surface area (Å²) in [6.07, 6.45) is -2.54. The van der Waals surface area contributed by atoms with Crippen molar-refractivity contribution in [2.45, 2.75) is 23.2 Å². The summed E-state index contributed by atoms with van der Waals surface area (Å²) in [6, 6.07) is 18.8. The van der Waals surface area contributed by atoms with Gasteiger partial charge in [-0.25, -0.2) is 4.68 Å². The van der Waals surface area contributed by atoms with Crippen molar-refractivity contribution >= 4 is 50.1 Å². The predicted octanol–water partition coefficient (Wildman–Crippen LogP) is 7.18. The van der Waals surface area contributed by atoms with Crippen molar-refractivity contribution in [1.29, 1.82) is 0 Å². The zero-order chi connectivity index (χ0) is 23.9. The number of benzene rings is 3. The van der Waals surface area contributed by atoms with E-state index in [0.29, 0.717) is 11.4 Å². The Bertz CT molecular complexity index is 1500. The normalized spacial score (nSPS) is 12.0. The molecule has 0 spiro atoms. The van der Waals surface area contributed by atoms with Crippen LogP contribution in [0, 0.1) is 0 Å². The third-order valence-corrected chi connectivity index (χ3v) is 7.48.